The van der Waals surface area contributed by atoms with Gasteiger partial charge in [0.1, 0.15) is 0 Å². The van der Waals surface area contributed by atoms with Crippen molar-refractivity contribution in [2.45, 2.75) is 19.9 Å². The zero-order valence-corrected chi connectivity index (χ0v) is 12.6. The summed E-state index contributed by atoms with van der Waals surface area (Å²) in [6.07, 6.45) is 3.30. The minimum atomic E-state index is 0.997. The molecule has 0 spiro atoms. The normalized spacial score (nSPS) is 13.9. The van der Waals surface area contributed by atoms with E-state index >= 15 is 0 Å². The van der Waals surface area contributed by atoms with E-state index in [9.17, 15) is 0 Å². The average Bonchev–Trinajstić information content (AvgIpc) is 3.04. The molecule has 0 atom stereocenters. The minimum absolute atomic E-state index is 0.997. The Kier molecular flexibility index (Phi) is 2.78. The van der Waals surface area contributed by atoms with Crippen molar-refractivity contribution in [1.82, 2.24) is 4.57 Å². The molecule has 0 saturated carbocycles. The lowest BCUT2D eigenvalue weighted by atomic mass is 10.1. The molecule has 106 valence electrons. The average molecular weight is 276 g/mol. The lowest BCUT2D eigenvalue weighted by Gasteiger charge is -2.20. The van der Waals surface area contributed by atoms with Crippen LogP contribution in [0.2, 0.25) is 0 Å². The molecule has 0 N–H and O–H groups in total. The second-order valence-electron chi connectivity index (χ2n) is 6.12. The summed E-state index contributed by atoms with van der Waals surface area (Å²) in [4.78, 5) is 2.50. The molecule has 1 aliphatic rings. The topological polar surface area (TPSA) is 8.17 Å². The highest BCUT2D eigenvalue weighted by Gasteiger charge is 2.19. The zero-order valence-electron chi connectivity index (χ0n) is 12.6. The van der Waals surface area contributed by atoms with Crippen molar-refractivity contribution in [3.8, 4) is 0 Å². The van der Waals surface area contributed by atoms with Crippen LogP contribution in [0.25, 0.3) is 10.9 Å². The van der Waals surface area contributed by atoms with Crippen LogP contribution in [0.3, 0.4) is 0 Å². The molecule has 2 nitrogen and oxygen atoms in total. The molecular weight excluding hydrogens is 256 g/mol. The van der Waals surface area contributed by atoms with Crippen molar-refractivity contribution in [2.24, 2.45) is 7.05 Å². The van der Waals surface area contributed by atoms with Crippen LogP contribution < -0.4 is 4.90 Å². The lowest BCUT2D eigenvalue weighted by Crippen LogP contribution is -2.19. The van der Waals surface area contributed by atoms with E-state index in [0.717, 1.165) is 13.1 Å². The second kappa shape index (κ2) is 4.66. The molecule has 4 rings (SSSR count). The number of nitrogens with zero attached hydrogens (tertiary/aromatic N) is 2. The molecule has 0 radical (unpaired) electrons. The van der Waals surface area contributed by atoms with Crippen molar-refractivity contribution in [3.63, 3.8) is 0 Å². The highest BCUT2D eigenvalue weighted by Crippen LogP contribution is 2.30. The van der Waals surface area contributed by atoms with Crippen LogP contribution in [0.4, 0.5) is 5.69 Å². The van der Waals surface area contributed by atoms with Crippen molar-refractivity contribution >= 4 is 16.6 Å². The molecule has 1 aliphatic heterocycles. The Labute approximate surface area is 125 Å². The Morgan fingerprint density at radius 1 is 1.05 bits per heavy atom. The first-order chi connectivity index (χ1) is 10.2. The number of rotatable bonds is 2. The summed E-state index contributed by atoms with van der Waals surface area (Å²) in [7, 11) is 2.11. The first-order valence-corrected chi connectivity index (χ1v) is 7.59. The van der Waals surface area contributed by atoms with E-state index in [1.165, 1.54) is 39.7 Å². The number of hydrogen-bond acceptors (Lipinski definition) is 1. The summed E-state index contributed by atoms with van der Waals surface area (Å²) < 4.78 is 2.19. The van der Waals surface area contributed by atoms with Gasteiger partial charge in [-0.1, -0.05) is 29.8 Å². The van der Waals surface area contributed by atoms with E-state index in [1.807, 2.05) is 0 Å². The summed E-state index contributed by atoms with van der Waals surface area (Å²) in [5, 5.41) is 1.32. The van der Waals surface area contributed by atoms with Crippen molar-refractivity contribution in [2.75, 3.05) is 11.4 Å². The van der Waals surface area contributed by atoms with Gasteiger partial charge in [0.15, 0.2) is 0 Å². The van der Waals surface area contributed by atoms with Crippen LogP contribution in [0, 0.1) is 6.92 Å². The van der Waals surface area contributed by atoms with Crippen LogP contribution >= 0.6 is 0 Å². The van der Waals surface area contributed by atoms with Gasteiger partial charge in [0, 0.05) is 37.5 Å². The van der Waals surface area contributed by atoms with Gasteiger partial charge in [-0.15, -0.1) is 0 Å². The number of benzene rings is 2. The molecule has 3 aromatic rings. The third-order valence-corrected chi connectivity index (χ3v) is 4.55. The standard InChI is InChI=1S/C19H20N2/c1-14-3-6-18-17(11-14)8-10-21(18)13-15-4-5-16-7-9-20(2)19(16)12-15/h3-7,9,11-12H,8,10,13H2,1-2H3. The molecule has 1 aromatic heterocycles. The summed E-state index contributed by atoms with van der Waals surface area (Å²) >= 11 is 0. The van der Waals surface area contributed by atoms with Crippen LogP contribution in [0.5, 0.6) is 0 Å². The maximum Gasteiger partial charge on any atom is 0.0481 e. The van der Waals surface area contributed by atoms with Crippen molar-refractivity contribution in [1.29, 1.82) is 0 Å². The molecule has 2 aromatic carbocycles. The highest BCUT2D eigenvalue weighted by atomic mass is 15.1. The molecule has 21 heavy (non-hydrogen) atoms. The second-order valence-corrected chi connectivity index (χ2v) is 6.12. The van der Waals surface area contributed by atoms with Gasteiger partial charge in [-0.25, -0.2) is 0 Å². The monoisotopic (exact) mass is 276 g/mol. The van der Waals surface area contributed by atoms with E-state index in [0.29, 0.717) is 0 Å². The van der Waals surface area contributed by atoms with E-state index in [-0.39, 0.29) is 0 Å². The van der Waals surface area contributed by atoms with Gasteiger partial charge in [0.2, 0.25) is 0 Å². The lowest BCUT2D eigenvalue weighted by molar-refractivity contribution is 0.836. The molecule has 0 unspecified atom stereocenters. The Bertz CT molecular complexity index is 814. The number of fused-ring (bicyclic) bond motifs is 2. The summed E-state index contributed by atoms with van der Waals surface area (Å²) in [6, 6.07) is 15.8. The van der Waals surface area contributed by atoms with Gasteiger partial charge in [0.25, 0.3) is 0 Å². The number of aromatic nitrogens is 1. The maximum absolute atomic E-state index is 2.50. The van der Waals surface area contributed by atoms with Gasteiger partial charge in [0.05, 0.1) is 0 Å². The van der Waals surface area contributed by atoms with Gasteiger partial charge in [-0.3, -0.25) is 0 Å². The largest absolute Gasteiger partial charge is 0.367 e. The molecule has 0 bridgehead atoms. The summed E-state index contributed by atoms with van der Waals surface area (Å²) in [5.41, 5.74) is 6.97. The molecule has 2 heteroatoms. The van der Waals surface area contributed by atoms with E-state index < -0.39 is 0 Å². The molecular formula is C19H20N2. The third-order valence-electron chi connectivity index (χ3n) is 4.55. The van der Waals surface area contributed by atoms with Crippen LogP contribution in [0.15, 0.2) is 48.7 Å². The molecule has 0 saturated heterocycles. The van der Waals surface area contributed by atoms with E-state index in [1.54, 1.807) is 0 Å². The Morgan fingerprint density at radius 3 is 2.86 bits per heavy atom. The van der Waals surface area contributed by atoms with Gasteiger partial charge in [-0.05, 0) is 48.1 Å². The van der Waals surface area contributed by atoms with Gasteiger partial charge < -0.3 is 9.47 Å². The quantitative estimate of drug-likeness (QED) is 0.685. The maximum atomic E-state index is 2.50. The Balaban J connectivity index is 1.65. The smallest absolute Gasteiger partial charge is 0.0481 e. The minimum Gasteiger partial charge on any atom is -0.367 e. The summed E-state index contributed by atoms with van der Waals surface area (Å²) in [6.45, 7) is 4.30. The zero-order chi connectivity index (χ0) is 14.4. The SMILES string of the molecule is Cc1ccc2c(c1)CCN2Cc1ccc2ccn(C)c2c1. The molecule has 2 heterocycles. The fourth-order valence-electron chi connectivity index (χ4n) is 3.39. The van der Waals surface area contributed by atoms with Crippen LogP contribution in [0.1, 0.15) is 16.7 Å². The summed E-state index contributed by atoms with van der Waals surface area (Å²) in [5.74, 6) is 0. The van der Waals surface area contributed by atoms with Crippen LogP contribution in [-0.2, 0) is 20.0 Å². The first-order valence-electron chi connectivity index (χ1n) is 7.59. The van der Waals surface area contributed by atoms with Gasteiger partial charge >= 0.3 is 0 Å². The number of anilines is 1. The number of hydrogen-bond donors (Lipinski definition) is 0. The van der Waals surface area contributed by atoms with E-state index in [2.05, 4.69) is 72.1 Å². The van der Waals surface area contributed by atoms with E-state index in [4.69, 9.17) is 0 Å². The predicted molar refractivity (Wildman–Crippen MR) is 88.9 cm³/mol. The Morgan fingerprint density at radius 2 is 1.95 bits per heavy atom. The third kappa shape index (κ3) is 2.11. The van der Waals surface area contributed by atoms with Gasteiger partial charge in [-0.2, -0.15) is 0 Å². The van der Waals surface area contributed by atoms with Crippen molar-refractivity contribution < 1.29 is 0 Å². The Hall–Kier alpha value is -2.22. The predicted octanol–water partition coefficient (Wildman–Crippen LogP) is 4.05. The first kappa shape index (κ1) is 12.5. The molecule has 0 aliphatic carbocycles. The van der Waals surface area contributed by atoms with Crippen LogP contribution in [-0.4, -0.2) is 11.1 Å². The fraction of sp³-hybridized carbons (Fsp3) is 0.263. The molecule has 0 amide bonds. The highest BCUT2D eigenvalue weighted by molar-refractivity contribution is 5.80. The molecule has 0 fully saturated rings. The fourth-order valence-corrected chi connectivity index (χ4v) is 3.39. The van der Waals surface area contributed by atoms with Crippen molar-refractivity contribution in [3.05, 3.63) is 65.4 Å². The number of aryl methyl sites for hydroxylation is 2.